The maximum absolute atomic E-state index is 11.2. The SMILES string of the molecule is CCC(C)(C=O)CN1CCC2CCCCC2C1. The molecule has 0 aromatic carbocycles. The average molecular weight is 237 g/mol. The molecule has 1 saturated carbocycles. The summed E-state index contributed by atoms with van der Waals surface area (Å²) >= 11 is 0. The van der Waals surface area contributed by atoms with Gasteiger partial charge < -0.3 is 9.69 Å². The van der Waals surface area contributed by atoms with Crippen LogP contribution in [0.4, 0.5) is 0 Å². The molecule has 0 radical (unpaired) electrons. The average Bonchev–Trinajstić information content (AvgIpc) is 2.38. The van der Waals surface area contributed by atoms with E-state index >= 15 is 0 Å². The molecule has 0 N–H and O–H groups in total. The molecule has 0 amide bonds. The summed E-state index contributed by atoms with van der Waals surface area (Å²) in [5, 5.41) is 0. The van der Waals surface area contributed by atoms with Crippen molar-refractivity contribution < 1.29 is 4.79 Å². The van der Waals surface area contributed by atoms with Crippen LogP contribution in [-0.2, 0) is 4.79 Å². The van der Waals surface area contributed by atoms with Crippen molar-refractivity contribution in [2.24, 2.45) is 17.3 Å². The Hall–Kier alpha value is -0.370. The second-order valence-corrected chi connectivity index (χ2v) is 6.45. The van der Waals surface area contributed by atoms with Gasteiger partial charge in [-0.15, -0.1) is 0 Å². The van der Waals surface area contributed by atoms with Crippen LogP contribution in [-0.4, -0.2) is 30.8 Å². The fourth-order valence-corrected chi connectivity index (χ4v) is 3.56. The molecule has 3 atom stereocenters. The van der Waals surface area contributed by atoms with E-state index in [0.29, 0.717) is 0 Å². The number of rotatable bonds is 4. The first-order valence-corrected chi connectivity index (χ1v) is 7.35. The molecule has 0 spiro atoms. The summed E-state index contributed by atoms with van der Waals surface area (Å²) < 4.78 is 0. The molecule has 2 heteroatoms. The van der Waals surface area contributed by atoms with Gasteiger partial charge in [-0.3, -0.25) is 0 Å². The van der Waals surface area contributed by atoms with E-state index in [0.717, 1.165) is 24.8 Å². The number of hydrogen-bond donors (Lipinski definition) is 0. The maximum atomic E-state index is 11.2. The zero-order valence-electron chi connectivity index (χ0n) is 11.5. The van der Waals surface area contributed by atoms with Crippen molar-refractivity contribution in [2.45, 2.75) is 52.4 Å². The number of aldehydes is 1. The summed E-state index contributed by atoms with van der Waals surface area (Å²) in [5.41, 5.74) is -0.124. The molecule has 1 heterocycles. The van der Waals surface area contributed by atoms with E-state index < -0.39 is 0 Å². The molecule has 3 unspecified atom stereocenters. The highest BCUT2D eigenvalue weighted by Gasteiger charge is 2.33. The molecule has 98 valence electrons. The Morgan fingerprint density at radius 1 is 1.24 bits per heavy atom. The molecule has 1 saturated heterocycles. The van der Waals surface area contributed by atoms with Crippen molar-refractivity contribution in [1.82, 2.24) is 4.90 Å². The maximum Gasteiger partial charge on any atom is 0.127 e. The van der Waals surface area contributed by atoms with Crippen molar-refractivity contribution in [3.63, 3.8) is 0 Å². The van der Waals surface area contributed by atoms with Crippen molar-refractivity contribution in [2.75, 3.05) is 19.6 Å². The molecule has 0 aromatic rings. The van der Waals surface area contributed by atoms with Gasteiger partial charge >= 0.3 is 0 Å². The Kier molecular flexibility index (Phi) is 4.24. The Balaban J connectivity index is 1.89. The first-order chi connectivity index (χ1) is 8.17. The fourth-order valence-electron chi connectivity index (χ4n) is 3.56. The number of carbonyl (C=O) groups excluding carboxylic acids is 1. The normalized spacial score (nSPS) is 33.8. The number of hydrogen-bond acceptors (Lipinski definition) is 2. The van der Waals surface area contributed by atoms with Crippen LogP contribution in [0, 0.1) is 17.3 Å². The lowest BCUT2D eigenvalue weighted by molar-refractivity contribution is -0.117. The van der Waals surface area contributed by atoms with Crippen LogP contribution in [0.2, 0.25) is 0 Å². The van der Waals surface area contributed by atoms with Crippen molar-refractivity contribution >= 4 is 6.29 Å². The van der Waals surface area contributed by atoms with Gasteiger partial charge in [0.1, 0.15) is 6.29 Å². The van der Waals surface area contributed by atoms with Gasteiger partial charge in [-0.1, -0.05) is 33.1 Å². The summed E-state index contributed by atoms with van der Waals surface area (Å²) in [6.45, 7) is 7.66. The zero-order chi connectivity index (χ0) is 12.3. The van der Waals surface area contributed by atoms with Crippen LogP contribution < -0.4 is 0 Å². The van der Waals surface area contributed by atoms with Gasteiger partial charge in [0.25, 0.3) is 0 Å². The van der Waals surface area contributed by atoms with Gasteiger partial charge in [0.05, 0.1) is 0 Å². The predicted octanol–water partition coefficient (Wildman–Crippen LogP) is 3.11. The van der Waals surface area contributed by atoms with E-state index in [1.165, 1.54) is 51.5 Å². The molecule has 17 heavy (non-hydrogen) atoms. The third-order valence-electron chi connectivity index (χ3n) is 5.05. The summed E-state index contributed by atoms with van der Waals surface area (Å²) in [6.07, 6.45) is 9.24. The number of piperidine rings is 1. The molecule has 1 aliphatic heterocycles. The quantitative estimate of drug-likeness (QED) is 0.700. The molecule has 0 aromatic heterocycles. The first-order valence-electron chi connectivity index (χ1n) is 7.35. The lowest BCUT2D eigenvalue weighted by Gasteiger charge is -2.43. The zero-order valence-corrected chi connectivity index (χ0v) is 11.5. The molecule has 2 fully saturated rings. The second-order valence-electron chi connectivity index (χ2n) is 6.45. The summed E-state index contributed by atoms with van der Waals surface area (Å²) in [6, 6.07) is 0. The summed E-state index contributed by atoms with van der Waals surface area (Å²) in [7, 11) is 0. The largest absolute Gasteiger partial charge is 0.303 e. The van der Waals surface area contributed by atoms with Crippen molar-refractivity contribution in [3.8, 4) is 0 Å². The smallest absolute Gasteiger partial charge is 0.127 e. The Morgan fingerprint density at radius 3 is 2.59 bits per heavy atom. The lowest BCUT2D eigenvalue weighted by atomic mass is 9.74. The van der Waals surface area contributed by atoms with Crippen molar-refractivity contribution in [3.05, 3.63) is 0 Å². The van der Waals surface area contributed by atoms with Gasteiger partial charge in [-0.25, -0.2) is 0 Å². The van der Waals surface area contributed by atoms with E-state index in [9.17, 15) is 4.79 Å². The number of nitrogens with zero attached hydrogens (tertiary/aromatic N) is 1. The van der Waals surface area contributed by atoms with Crippen LogP contribution in [0.25, 0.3) is 0 Å². The van der Waals surface area contributed by atoms with Gasteiger partial charge in [0.15, 0.2) is 0 Å². The first kappa shape index (κ1) is 13.1. The summed E-state index contributed by atoms with van der Waals surface area (Å²) in [5.74, 6) is 1.91. The molecule has 0 bridgehead atoms. The minimum atomic E-state index is -0.124. The van der Waals surface area contributed by atoms with Crippen molar-refractivity contribution in [1.29, 1.82) is 0 Å². The number of likely N-dealkylation sites (tertiary alicyclic amines) is 1. The minimum Gasteiger partial charge on any atom is -0.303 e. The van der Waals surface area contributed by atoms with Gasteiger partial charge in [-0.2, -0.15) is 0 Å². The second kappa shape index (κ2) is 5.51. The number of fused-ring (bicyclic) bond motifs is 1. The van der Waals surface area contributed by atoms with Gasteiger partial charge in [0, 0.05) is 18.5 Å². The Bertz CT molecular complexity index is 266. The van der Waals surface area contributed by atoms with Crippen LogP contribution in [0.15, 0.2) is 0 Å². The molecular formula is C15H27NO. The van der Waals surface area contributed by atoms with Crippen LogP contribution >= 0.6 is 0 Å². The minimum absolute atomic E-state index is 0.124. The van der Waals surface area contributed by atoms with Gasteiger partial charge in [0.2, 0.25) is 0 Å². The third kappa shape index (κ3) is 3.09. The molecule has 1 aliphatic carbocycles. The van der Waals surface area contributed by atoms with E-state index in [4.69, 9.17) is 0 Å². The van der Waals surface area contributed by atoms with Crippen LogP contribution in [0.3, 0.4) is 0 Å². The highest BCUT2D eigenvalue weighted by molar-refractivity contribution is 5.58. The van der Waals surface area contributed by atoms with Crippen LogP contribution in [0.5, 0.6) is 0 Å². The highest BCUT2D eigenvalue weighted by Crippen LogP contribution is 2.36. The third-order valence-corrected chi connectivity index (χ3v) is 5.05. The lowest BCUT2D eigenvalue weighted by Crippen LogP contribution is -2.46. The fraction of sp³-hybridized carbons (Fsp3) is 0.933. The molecule has 2 nitrogen and oxygen atoms in total. The van der Waals surface area contributed by atoms with E-state index in [2.05, 4.69) is 18.7 Å². The Labute approximate surface area is 106 Å². The highest BCUT2D eigenvalue weighted by atomic mass is 16.1. The van der Waals surface area contributed by atoms with E-state index in [1.807, 2.05) is 0 Å². The molecule has 2 aliphatic rings. The van der Waals surface area contributed by atoms with E-state index in [1.54, 1.807) is 0 Å². The van der Waals surface area contributed by atoms with E-state index in [-0.39, 0.29) is 5.41 Å². The number of carbonyl (C=O) groups is 1. The topological polar surface area (TPSA) is 20.3 Å². The molecule has 2 rings (SSSR count). The van der Waals surface area contributed by atoms with Gasteiger partial charge in [-0.05, 0) is 37.6 Å². The van der Waals surface area contributed by atoms with Crippen LogP contribution in [0.1, 0.15) is 52.4 Å². The molecular weight excluding hydrogens is 210 g/mol. The standard InChI is InChI=1S/C15H27NO/c1-3-15(2,12-17)11-16-9-8-13-6-4-5-7-14(13)10-16/h12-14H,3-11H2,1-2H3. The Morgan fingerprint density at radius 2 is 1.94 bits per heavy atom. The predicted molar refractivity (Wildman–Crippen MR) is 71.0 cm³/mol. The summed E-state index contributed by atoms with van der Waals surface area (Å²) in [4.78, 5) is 13.7. The monoisotopic (exact) mass is 237 g/mol.